The summed E-state index contributed by atoms with van der Waals surface area (Å²) in [6, 6.07) is 6.34. The maximum atomic E-state index is 13.5. The molecule has 1 aromatic heterocycles. The standard InChI is InChI=1S/C13H12BrFO2/c1-8-3-4-9(7-11(8)15)13(2,16)12-10(14)5-6-17-12/h3-7,16H,1-2H3. The summed E-state index contributed by atoms with van der Waals surface area (Å²) in [4.78, 5) is 0. The van der Waals surface area contributed by atoms with Crippen LogP contribution in [0.15, 0.2) is 39.4 Å². The van der Waals surface area contributed by atoms with E-state index < -0.39 is 5.60 Å². The number of hydrogen-bond donors (Lipinski definition) is 1. The van der Waals surface area contributed by atoms with Gasteiger partial charge >= 0.3 is 0 Å². The lowest BCUT2D eigenvalue weighted by Gasteiger charge is -2.22. The number of rotatable bonds is 2. The van der Waals surface area contributed by atoms with Gasteiger partial charge in [0.15, 0.2) is 5.76 Å². The van der Waals surface area contributed by atoms with Gasteiger partial charge in [0, 0.05) is 0 Å². The first-order valence-corrected chi connectivity index (χ1v) is 5.94. The molecule has 0 radical (unpaired) electrons. The molecule has 0 bridgehead atoms. The topological polar surface area (TPSA) is 33.4 Å². The summed E-state index contributed by atoms with van der Waals surface area (Å²) >= 11 is 3.28. The van der Waals surface area contributed by atoms with Crippen LogP contribution in [0.2, 0.25) is 0 Å². The van der Waals surface area contributed by atoms with Crippen LogP contribution in [0.25, 0.3) is 0 Å². The van der Waals surface area contributed by atoms with Crippen molar-refractivity contribution in [1.82, 2.24) is 0 Å². The zero-order chi connectivity index (χ0) is 12.6. The molecule has 2 nitrogen and oxygen atoms in total. The third kappa shape index (κ3) is 2.15. The van der Waals surface area contributed by atoms with Gasteiger partial charge in [0.05, 0.1) is 10.7 Å². The van der Waals surface area contributed by atoms with Gasteiger partial charge in [-0.15, -0.1) is 0 Å². The van der Waals surface area contributed by atoms with Crippen molar-refractivity contribution in [2.75, 3.05) is 0 Å². The molecule has 0 aliphatic heterocycles. The molecule has 0 amide bonds. The number of halogens is 2. The van der Waals surface area contributed by atoms with Crippen LogP contribution < -0.4 is 0 Å². The van der Waals surface area contributed by atoms with E-state index in [1.807, 2.05) is 0 Å². The Morgan fingerprint density at radius 3 is 2.59 bits per heavy atom. The fourth-order valence-electron chi connectivity index (χ4n) is 1.67. The number of benzene rings is 1. The lowest BCUT2D eigenvalue weighted by molar-refractivity contribution is 0.0754. The highest BCUT2D eigenvalue weighted by molar-refractivity contribution is 9.10. The fourth-order valence-corrected chi connectivity index (χ4v) is 2.26. The Hall–Kier alpha value is -1.13. The second-order valence-corrected chi connectivity index (χ2v) is 4.99. The van der Waals surface area contributed by atoms with Crippen LogP contribution in [-0.2, 0) is 5.60 Å². The van der Waals surface area contributed by atoms with Crippen LogP contribution in [0.5, 0.6) is 0 Å². The molecule has 1 atom stereocenters. The van der Waals surface area contributed by atoms with Crippen molar-refractivity contribution in [3.63, 3.8) is 0 Å². The Bertz CT molecular complexity index is 546. The monoisotopic (exact) mass is 298 g/mol. The second kappa shape index (κ2) is 4.27. The highest BCUT2D eigenvalue weighted by Crippen LogP contribution is 2.35. The van der Waals surface area contributed by atoms with Crippen LogP contribution in [-0.4, -0.2) is 5.11 Å². The largest absolute Gasteiger partial charge is 0.465 e. The highest BCUT2D eigenvalue weighted by Gasteiger charge is 2.31. The van der Waals surface area contributed by atoms with Gasteiger partial charge in [-0.05, 0) is 53.0 Å². The van der Waals surface area contributed by atoms with E-state index in [1.54, 1.807) is 32.0 Å². The van der Waals surface area contributed by atoms with Crippen LogP contribution in [0.3, 0.4) is 0 Å². The van der Waals surface area contributed by atoms with E-state index in [2.05, 4.69) is 15.9 Å². The first-order chi connectivity index (χ1) is 7.93. The molecule has 1 aromatic carbocycles. The predicted molar refractivity (Wildman–Crippen MR) is 66.2 cm³/mol. The molecule has 1 unspecified atom stereocenters. The molecule has 0 saturated heterocycles. The van der Waals surface area contributed by atoms with Crippen molar-refractivity contribution in [1.29, 1.82) is 0 Å². The molecule has 0 fully saturated rings. The summed E-state index contributed by atoms with van der Waals surface area (Å²) in [6.45, 7) is 3.25. The molecular weight excluding hydrogens is 287 g/mol. The normalized spacial score (nSPS) is 14.6. The lowest BCUT2D eigenvalue weighted by atomic mass is 9.92. The van der Waals surface area contributed by atoms with E-state index in [4.69, 9.17) is 4.42 Å². The number of hydrogen-bond acceptors (Lipinski definition) is 2. The molecule has 2 aromatic rings. The summed E-state index contributed by atoms with van der Waals surface area (Å²) in [5, 5.41) is 10.5. The van der Waals surface area contributed by atoms with E-state index in [9.17, 15) is 9.50 Å². The van der Waals surface area contributed by atoms with Gasteiger partial charge in [0.25, 0.3) is 0 Å². The molecule has 0 aliphatic rings. The summed E-state index contributed by atoms with van der Waals surface area (Å²) in [6.07, 6.45) is 1.47. The molecule has 90 valence electrons. The van der Waals surface area contributed by atoms with Crippen molar-refractivity contribution >= 4 is 15.9 Å². The first kappa shape index (κ1) is 12.3. The summed E-state index contributed by atoms with van der Waals surface area (Å²) < 4.78 is 19.4. The van der Waals surface area contributed by atoms with E-state index in [0.29, 0.717) is 21.4 Å². The zero-order valence-electron chi connectivity index (χ0n) is 9.50. The van der Waals surface area contributed by atoms with Gasteiger partial charge in [-0.1, -0.05) is 12.1 Å². The van der Waals surface area contributed by atoms with Crippen LogP contribution in [0.4, 0.5) is 4.39 Å². The maximum Gasteiger partial charge on any atom is 0.153 e. The summed E-state index contributed by atoms with van der Waals surface area (Å²) in [5.41, 5.74) is -0.365. The Balaban J connectivity index is 2.51. The third-order valence-electron chi connectivity index (χ3n) is 2.79. The second-order valence-electron chi connectivity index (χ2n) is 4.13. The van der Waals surface area contributed by atoms with Gasteiger partial charge in [-0.2, -0.15) is 0 Å². The van der Waals surface area contributed by atoms with E-state index >= 15 is 0 Å². The molecule has 4 heteroatoms. The van der Waals surface area contributed by atoms with E-state index in [0.717, 1.165) is 0 Å². The quantitative estimate of drug-likeness (QED) is 0.916. The van der Waals surface area contributed by atoms with Crippen molar-refractivity contribution in [3.8, 4) is 0 Å². The first-order valence-electron chi connectivity index (χ1n) is 5.15. The molecule has 1 N–H and O–H groups in total. The van der Waals surface area contributed by atoms with Crippen LogP contribution in [0, 0.1) is 12.7 Å². The lowest BCUT2D eigenvalue weighted by Crippen LogP contribution is -2.22. The zero-order valence-corrected chi connectivity index (χ0v) is 11.1. The Kier molecular flexibility index (Phi) is 3.10. The molecule has 2 rings (SSSR count). The minimum Gasteiger partial charge on any atom is -0.465 e. The summed E-state index contributed by atoms with van der Waals surface area (Å²) in [7, 11) is 0. The Morgan fingerprint density at radius 2 is 2.06 bits per heavy atom. The van der Waals surface area contributed by atoms with E-state index in [-0.39, 0.29) is 5.82 Å². The SMILES string of the molecule is Cc1ccc(C(C)(O)c2occc2Br)cc1F. The maximum absolute atomic E-state index is 13.5. The minimum atomic E-state index is -1.36. The average molecular weight is 299 g/mol. The molecule has 0 aliphatic carbocycles. The Labute approximate surface area is 107 Å². The van der Waals surface area contributed by atoms with Crippen molar-refractivity contribution in [3.05, 3.63) is 57.7 Å². The third-order valence-corrected chi connectivity index (χ3v) is 3.42. The van der Waals surface area contributed by atoms with Gasteiger partial charge in [-0.3, -0.25) is 0 Å². The van der Waals surface area contributed by atoms with Gasteiger partial charge in [0.2, 0.25) is 0 Å². The number of furan rings is 1. The van der Waals surface area contributed by atoms with Crippen molar-refractivity contribution < 1.29 is 13.9 Å². The fraction of sp³-hybridized carbons (Fsp3) is 0.231. The van der Waals surface area contributed by atoms with Crippen molar-refractivity contribution in [2.24, 2.45) is 0 Å². The van der Waals surface area contributed by atoms with Gasteiger partial charge in [-0.25, -0.2) is 4.39 Å². The predicted octanol–water partition coefficient (Wildman–Crippen LogP) is 3.75. The highest BCUT2D eigenvalue weighted by atomic mass is 79.9. The van der Waals surface area contributed by atoms with Crippen LogP contribution in [0.1, 0.15) is 23.8 Å². The number of aliphatic hydroxyl groups is 1. The van der Waals surface area contributed by atoms with Gasteiger partial charge < -0.3 is 9.52 Å². The van der Waals surface area contributed by atoms with Crippen LogP contribution >= 0.6 is 15.9 Å². The summed E-state index contributed by atoms with van der Waals surface area (Å²) in [5.74, 6) is 0.0196. The number of aryl methyl sites for hydroxylation is 1. The minimum absolute atomic E-state index is 0.342. The van der Waals surface area contributed by atoms with E-state index in [1.165, 1.54) is 12.3 Å². The molecular formula is C13H12BrFO2. The average Bonchev–Trinajstić information content (AvgIpc) is 2.69. The molecule has 0 spiro atoms. The smallest absolute Gasteiger partial charge is 0.153 e. The Morgan fingerprint density at radius 1 is 1.35 bits per heavy atom. The molecule has 1 heterocycles. The van der Waals surface area contributed by atoms with Crippen molar-refractivity contribution in [2.45, 2.75) is 19.4 Å². The van der Waals surface area contributed by atoms with Gasteiger partial charge in [0.1, 0.15) is 11.4 Å². The molecule has 0 saturated carbocycles. The molecule has 17 heavy (non-hydrogen) atoms.